The molecule has 2 rings (SSSR count). The molecule has 0 amide bonds. The number of alkyl halides is 3. The molecule has 0 spiro atoms. The average molecular weight is 403 g/mol. The predicted molar refractivity (Wildman–Crippen MR) is 102 cm³/mol. The summed E-state index contributed by atoms with van der Waals surface area (Å²) in [6.45, 7) is 2.67. The summed E-state index contributed by atoms with van der Waals surface area (Å²) < 4.78 is 44.9. The SMILES string of the molecule is CCSCCN(C)C1=C(c2cccc(C(F)(F)F)c2)C(=O)C(=CSC)O1. The highest BCUT2D eigenvalue weighted by molar-refractivity contribution is 8.01. The zero-order valence-electron chi connectivity index (χ0n) is 14.7. The van der Waals surface area contributed by atoms with Gasteiger partial charge in [0.2, 0.25) is 11.7 Å². The molecule has 1 heterocycles. The molecule has 0 aliphatic carbocycles. The number of allylic oxidation sites excluding steroid dienone is 1. The standard InChI is InChI=1S/C18H20F3NO2S2/c1-4-26-9-8-22(2)17-15(16(23)14(24-17)11-25-3)12-6-5-7-13(10-12)18(19,20)21/h5-7,10-11H,4,8-9H2,1-3H3. The van der Waals surface area contributed by atoms with Crippen LogP contribution in [0.15, 0.2) is 41.3 Å². The number of ketones is 1. The van der Waals surface area contributed by atoms with Crippen molar-refractivity contribution in [2.45, 2.75) is 13.1 Å². The summed E-state index contributed by atoms with van der Waals surface area (Å²) >= 11 is 3.04. The monoisotopic (exact) mass is 403 g/mol. The van der Waals surface area contributed by atoms with Crippen molar-refractivity contribution in [3.05, 3.63) is 52.4 Å². The molecule has 0 fully saturated rings. The van der Waals surface area contributed by atoms with Gasteiger partial charge in [0, 0.05) is 24.8 Å². The van der Waals surface area contributed by atoms with Crippen molar-refractivity contribution in [3.8, 4) is 0 Å². The van der Waals surface area contributed by atoms with Crippen LogP contribution in [0, 0.1) is 0 Å². The summed E-state index contributed by atoms with van der Waals surface area (Å²) in [6.07, 6.45) is -2.69. The van der Waals surface area contributed by atoms with Crippen LogP contribution in [-0.4, -0.2) is 42.0 Å². The van der Waals surface area contributed by atoms with E-state index < -0.39 is 17.5 Å². The molecule has 1 aromatic carbocycles. The fraction of sp³-hybridized carbons (Fsp3) is 0.389. The number of Topliss-reactive ketones (excluding diaryl/α,β-unsaturated/α-hetero) is 1. The summed E-state index contributed by atoms with van der Waals surface area (Å²) in [5.41, 5.74) is -0.416. The third kappa shape index (κ3) is 4.79. The van der Waals surface area contributed by atoms with Crippen LogP contribution in [-0.2, 0) is 15.7 Å². The summed E-state index contributed by atoms with van der Waals surface area (Å²) in [5, 5.41) is 1.57. The number of rotatable bonds is 7. The molecule has 0 unspecified atom stereocenters. The maximum atomic E-state index is 13.1. The number of carbonyl (C=O) groups is 1. The Balaban J connectivity index is 2.45. The molecule has 1 aliphatic heterocycles. The Hall–Kier alpha value is -1.54. The minimum Gasteiger partial charge on any atom is -0.436 e. The molecule has 142 valence electrons. The van der Waals surface area contributed by atoms with Gasteiger partial charge in [0.1, 0.15) is 0 Å². The molecule has 0 aromatic heterocycles. The second-order valence-corrected chi connectivity index (χ2v) is 7.63. The number of ether oxygens (including phenoxy) is 1. The average Bonchev–Trinajstić information content (AvgIpc) is 2.91. The van der Waals surface area contributed by atoms with Gasteiger partial charge in [0.25, 0.3) is 0 Å². The van der Waals surface area contributed by atoms with E-state index in [0.717, 1.165) is 23.6 Å². The van der Waals surface area contributed by atoms with Crippen LogP contribution < -0.4 is 0 Å². The number of benzene rings is 1. The van der Waals surface area contributed by atoms with E-state index in [2.05, 4.69) is 0 Å². The number of halogens is 3. The molecule has 1 aromatic rings. The lowest BCUT2D eigenvalue weighted by Gasteiger charge is -2.20. The summed E-state index contributed by atoms with van der Waals surface area (Å²) in [7, 11) is 1.77. The van der Waals surface area contributed by atoms with E-state index in [0.29, 0.717) is 12.4 Å². The fourth-order valence-corrected chi connectivity index (χ4v) is 3.49. The van der Waals surface area contributed by atoms with Crippen LogP contribution in [0.2, 0.25) is 0 Å². The summed E-state index contributed by atoms with van der Waals surface area (Å²) in [5.74, 6) is 1.82. The third-order valence-corrected chi connectivity index (χ3v) is 5.03. The van der Waals surface area contributed by atoms with E-state index in [1.165, 1.54) is 23.9 Å². The second kappa shape index (κ2) is 8.90. The van der Waals surface area contributed by atoms with E-state index in [4.69, 9.17) is 4.74 Å². The first kappa shape index (κ1) is 20.8. The van der Waals surface area contributed by atoms with Crippen LogP contribution in [0.4, 0.5) is 13.2 Å². The Labute approximate surface area is 159 Å². The predicted octanol–water partition coefficient (Wildman–Crippen LogP) is 4.86. The van der Waals surface area contributed by atoms with Crippen molar-refractivity contribution in [2.75, 3.05) is 31.4 Å². The summed E-state index contributed by atoms with van der Waals surface area (Å²) in [6, 6.07) is 4.79. The van der Waals surface area contributed by atoms with Gasteiger partial charge in [0.05, 0.1) is 11.1 Å². The van der Waals surface area contributed by atoms with Crippen LogP contribution in [0.25, 0.3) is 5.57 Å². The van der Waals surface area contributed by atoms with Crippen LogP contribution in [0.5, 0.6) is 0 Å². The number of carbonyl (C=O) groups excluding carboxylic acids is 1. The largest absolute Gasteiger partial charge is 0.436 e. The van der Waals surface area contributed by atoms with Gasteiger partial charge < -0.3 is 9.64 Å². The zero-order valence-corrected chi connectivity index (χ0v) is 16.4. The highest BCUT2D eigenvalue weighted by atomic mass is 32.2. The molecule has 0 saturated heterocycles. The highest BCUT2D eigenvalue weighted by Crippen LogP contribution is 2.37. The maximum Gasteiger partial charge on any atom is 0.416 e. The van der Waals surface area contributed by atoms with Crippen molar-refractivity contribution in [1.82, 2.24) is 4.90 Å². The van der Waals surface area contributed by atoms with Crippen LogP contribution in [0.3, 0.4) is 0 Å². The van der Waals surface area contributed by atoms with E-state index in [1.54, 1.807) is 35.4 Å². The Morgan fingerprint density at radius 1 is 1.31 bits per heavy atom. The lowest BCUT2D eigenvalue weighted by Crippen LogP contribution is -2.21. The lowest BCUT2D eigenvalue weighted by molar-refractivity contribution is -0.137. The first-order valence-electron chi connectivity index (χ1n) is 7.95. The molecule has 0 bridgehead atoms. The zero-order chi connectivity index (χ0) is 19.3. The molecule has 8 heteroatoms. The molecule has 0 saturated carbocycles. The molecule has 3 nitrogen and oxygen atoms in total. The molecule has 0 atom stereocenters. The van der Waals surface area contributed by atoms with Crippen molar-refractivity contribution >= 4 is 34.9 Å². The number of hydrogen-bond acceptors (Lipinski definition) is 5. The normalized spacial score (nSPS) is 16.4. The van der Waals surface area contributed by atoms with Crippen molar-refractivity contribution in [3.63, 3.8) is 0 Å². The lowest BCUT2D eigenvalue weighted by atomic mass is 10.00. The first-order chi connectivity index (χ1) is 12.3. The van der Waals surface area contributed by atoms with Crippen molar-refractivity contribution < 1.29 is 22.7 Å². The highest BCUT2D eigenvalue weighted by Gasteiger charge is 2.36. The van der Waals surface area contributed by atoms with E-state index in [9.17, 15) is 18.0 Å². The number of nitrogens with zero attached hydrogens (tertiary/aromatic N) is 1. The molecule has 26 heavy (non-hydrogen) atoms. The topological polar surface area (TPSA) is 29.5 Å². The second-order valence-electron chi connectivity index (χ2n) is 5.53. The molecule has 1 aliphatic rings. The van der Waals surface area contributed by atoms with Gasteiger partial charge >= 0.3 is 6.18 Å². The minimum atomic E-state index is -4.47. The Bertz CT molecular complexity index is 729. The van der Waals surface area contributed by atoms with E-state index >= 15 is 0 Å². The quantitative estimate of drug-likeness (QED) is 0.479. The molecular formula is C18H20F3NO2S2. The molecule has 0 N–H and O–H groups in total. The minimum absolute atomic E-state index is 0.134. The van der Waals surface area contributed by atoms with Gasteiger partial charge in [-0.15, -0.1) is 11.8 Å². The number of hydrogen-bond donors (Lipinski definition) is 0. The maximum absolute atomic E-state index is 13.1. The van der Waals surface area contributed by atoms with Crippen LogP contribution in [0.1, 0.15) is 18.1 Å². The van der Waals surface area contributed by atoms with Gasteiger partial charge in [-0.25, -0.2) is 0 Å². The van der Waals surface area contributed by atoms with Crippen LogP contribution >= 0.6 is 23.5 Å². The van der Waals surface area contributed by atoms with Gasteiger partial charge in [-0.3, -0.25) is 4.79 Å². The molecular weight excluding hydrogens is 383 g/mol. The van der Waals surface area contributed by atoms with Gasteiger partial charge in [-0.1, -0.05) is 19.1 Å². The third-order valence-electron chi connectivity index (χ3n) is 3.70. The smallest absolute Gasteiger partial charge is 0.416 e. The van der Waals surface area contributed by atoms with Gasteiger partial charge in [-0.2, -0.15) is 24.9 Å². The van der Waals surface area contributed by atoms with E-state index in [-0.39, 0.29) is 16.9 Å². The van der Waals surface area contributed by atoms with E-state index in [1.807, 2.05) is 6.92 Å². The Morgan fingerprint density at radius 2 is 2.04 bits per heavy atom. The van der Waals surface area contributed by atoms with Gasteiger partial charge in [-0.05, 0) is 29.7 Å². The Morgan fingerprint density at radius 3 is 2.65 bits per heavy atom. The molecule has 0 radical (unpaired) electrons. The first-order valence-corrected chi connectivity index (χ1v) is 10.4. The van der Waals surface area contributed by atoms with Gasteiger partial charge in [0.15, 0.2) is 5.76 Å². The number of thioether (sulfide) groups is 2. The fourth-order valence-electron chi connectivity index (χ4n) is 2.43. The summed E-state index contributed by atoms with van der Waals surface area (Å²) in [4.78, 5) is 14.5. The van der Waals surface area contributed by atoms with Crippen molar-refractivity contribution in [2.24, 2.45) is 0 Å². The van der Waals surface area contributed by atoms with Crippen molar-refractivity contribution in [1.29, 1.82) is 0 Å². The Kier molecular flexibility index (Phi) is 7.11.